The second kappa shape index (κ2) is 8.11. The third-order valence-electron chi connectivity index (χ3n) is 2.90. The zero-order valence-electron chi connectivity index (χ0n) is 12.4. The first-order chi connectivity index (χ1) is 9.92. The predicted molar refractivity (Wildman–Crippen MR) is 82.0 cm³/mol. The maximum Gasteiger partial charge on any atom is 0.231 e. The van der Waals surface area contributed by atoms with Gasteiger partial charge in [-0.1, -0.05) is 0 Å². The van der Waals surface area contributed by atoms with E-state index in [2.05, 4.69) is 5.32 Å². The largest absolute Gasteiger partial charge is 0.497 e. The molecule has 0 aliphatic rings. The van der Waals surface area contributed by atoms with Gasteiger partial charge in [-0.15, -0.1) is 0 Å². The number of nitrogens with two attached hydrogens (primary N) is 2. The molecule has 0 atom stereocenters. The van der Waals surface area contributed by atoms with Crippen LogP contribution in [0.1, 0.15) is 12.8 Å². The summed E-state index contributed by atoms with van der Waals surface area (Å²) in [6.07, 6.45) is 0.972. The fourth-order valence-electron chi connectivity index (χ4n) is 1.85. The first-order valence-electron chi connectivity index (χ1n) is 6.62. The summed E-state index contributed by atoms with van der Waals surface area (Å²) in [5.74, 6) is 0.130. The number of carbonyl (C=O) groups is 2. The van der Waals surface area contributed by atoms with Crippen LogP contribution in [0.15, 0.2) is 18.2 Å². The SMILES string of the molecule is COc1ccc(NC(=O)CCCN(C)CC(N)=O)c(N)c1. The van der Waals surface area contributed by atoms with Crippen LogP contribution in [0.4, 0.5) is 11.4 Å². The Morgan fingerprint density at radius 1 is 1.38 bits per heavy atom. The number of amides is 2. The first kappa shape index (κ1) is 16.8. The van der Waals surface area contributed by atoms with E-state index >= 15 is 0 Å². The smallest absolute Gasteiger partial charge is 0.231 e. The third kappa shape index (κ3) is 6.13. The van der Waals surface area contributed by atoms with Crippen LogP contribution < -0.4 is 21.5 Å². The van der Waals surface area contributed by atoms with Crippen molar-refractivity contribution in [3.63, 3.8) is 0 Å². The van der Waals surface area contributed by atoms with Gasteiger partial charge in [-0.25, -0.2) is 0 Å². The molecule has 0 heterocycles. The fourth-order valence-corrected chi connectivity index (χ4v) is 1.85. The number of carbonyl (C=O) groups excluding carboxylic acids is 2. The van der Waals surface area contributed by atoms with Crippen LogP contribution >= 0.6 is 0 Å². The number of hydrogen-bond donors (Lipinski definition) is 3. The Morgan fingerprint density at radius 2 is 2.10 bits per heavy atom. The molecule has 1 aromatic rings. The number of rotatable bonds is 8. The van der Waals surface area contributed by atoms with E-state index in [-0.39, 0.29) is 18.4 Å². The molecule has 0 aliphatic carbocycles. The molecule has 0 radical (unpaired) electrons. The average Bonchev–Trinajstić information content (AvgIpc) is 2.40. The van der Waals surface area contributed by atoms with Crippen molar-refractivity contribution in [3.8, 4) is 5.75 Å². The minimum absolute atomic E-state index is 0.126. The summed E-state index contributed by atoms with van der Waals surface area (Å²) in [6, 6.07) is 5.08. The molecule has 1 rings (SSSR count). The van der Waals surface area contributed by atoms with Crippen molar-refractivity contribution in [2.45, 2.75) is 12.8 Å². The zero-order chi connectivity index (χ0) is 15.8. The number of anilines is 2. The number of primary amides is 1. The Balaban J connectivity index is 2.38. The number of nitrogens with zero attached hydrogens (tertiary/aromatic N) is 1. The molecule has 1 aromatic carbocycles. The Hall–Kier alpha value is -2.28. The first-order valence-corrected chi connectivity index (χ1v) is 6.62. The standard InChI is InChI=1S/C14H22N4O3/c1-18(9-13(16)19)7-3-4-14(20)17-12-6-5-10(21-2)8-11(12)15/h5-6,8H,3-4,7,9,15H2,1-2H3,(H2,16,19)(H,17,20). The van der Waals surface area contributed by atoms with Crippen LogP contribution in [0, 0.1) is 0 Å². The van der Waals surface area contributed by atoms with Crippen LogP contribution in [0.25, 0.3) is 0 Å². The molecule has 7 nitrogen and oxygen atoms in total. The van der Waals surface area contributed by atoms with Crippen molar-refractivity contribution >= 4 is 23.2 Å². The molecule has 0 aliphatic heterocycles. The normalized spacial score (nSPS) is 10.4. The van der Waals surface area contributed by atoms with Crippen molar-refractivity contribution in [2.75, 3.05) is 38.3 Å². The van der Waals surface area contributed by atoms with E-state index in [0.717, 1.165) is 0 Å². The van der Waals surface area contributed by atoms with E-state index in [1.807, 2.05) is 0 Å². The molecule has 0 fully saturated rings. The van der Waals surface area contributed by atoms with Gasteiger partial charge in [0.2, 0.25) is 11.8 Å². The van der Waals surface area contributed by atoms with Crippen molar-refractivity contribution in [1.29, 1.82) is 0 Å². The summed E-state index contributed by atoms with van der Waals surface area (Å²) >= 11 is 0. The Bertz CT molecular complexity index is 505. The Kier molecular flexibility index (Phi) is 6.48. The van der Waals surface area contributed by atoms with Gasteiger partial charge in [0.05, 0.1) is 25.0 Å². The number of hydrogen-bond acceptors (Lipinski definition) is 5. The number of methoxy groups -OCH3 is 1. The molecular formula is C14H22N4O3. The predicted octanol–water partition coefficient (Wildman–Crippen LogP) is 0.413. The van der Waals surface area contributed by atoms with Gasteiger partial charge in [-0.05, 0) is 32.1 Å². The average molecular weight is 294 g/mol. The highest BCUT2D eigenvalue weighted by atomic mass is 16.5. The molecule has 21 heavy (non-hydrogen) atoms. The fraction of sp³-hybridized carbons (Fsp3) is 0.429. The maximum atomic E-state index is 11.8. The quantitative estimate of drug-likeness (QED) is 0.601. The van der Waals surface area contributed by atoms with E-state index in [1.165, 1.54) is 0 Å². The van der Waals surface area contributed by atoms with E-state index in [1.54, 1.807) is 37.3 Å². The minimum atomic E-state index is -0.382. The highest BCUT2D eigenvalue weighted by Crippen LogP contribution is 2.24. The molecule has 0 unspecified atom stereocenters. The molecule has 0 saturated heterocycles. The molecule has 5 N–H and O–H groups in total. The van der Waals surface area contributed by atoms with Crippen molar-refractivity contribution in [3.05, 3.63) is 18.2 Å². The van der Waals surface area contributed by atoms with E-state index < -0.39 is 0 Å². The summed E-state index contributed by atoms with van der Waals surface area (Å²) in [5, 5.41) is 2.75. The lowest BCUT2D eigenvalue weighted by molar-refractivity contribution is -0.118. The third-order valence-corrected chi connectivity index (χ3v) is 2.90. The number of likely N-dealkylation sites (N-methyl/N-ethyl adjacent to an activating group) is 1. The monoisotopic (exact) mass is 294 g/mol. The highest BCUT2D eigenvalue weighted by Gasteiger charge is 2.08. The summed E-state index contributed by atoms with van der Waals surface area (Å²) in [4.78, 5) is 24.3. The second-order valence-electron chi connectivity index (χ2n) is 4.81. The summed E-state index contributed by atoms with van der Waals surface area (Å²) in [7, 11) is 3.33. The lowest BCUT2D eigenvalue weighted by Gasteiger charge is -2.14. The summed E-state index contributed by atoms with van der Waals surface area (Å²) < 4.78 is 5.04. The van der Waals surface area contributed by atoms with Crippen LogP contribution in [0.2, 0.25) is 0 Å². The molecule has 0 saturated carbocycles. The molecule has 0 bridgehead atoms. The molecule has 0 aromatic heterocycles. The Labute approximate surface area is 124 Å². The van der Waals surface area contributed by atoms with Crippen molar-refractivity contribution in [1.82, 2.24) is 4.90 Å². The van der Waals surface area contributed by atoms with Gasteiger partial charge in [0.1, 0.15) is 5.75 Å². The molecule has 116 valence electrons. The van der Waals surface area contributed by atoms with Crippen LogP contribution in [-0.2, 0) is 9.59 Å². The minimum Gasteiger partial charge on any atom is -0.497 e. The molecule has 7 heteroatoms. The van der Waals surface area contributed by atoms with Crippen LogP contribution in [0.3, 0.4) is 0 Å². The number of ether oxygens (including phenoxy) is 1. The topological polar surface area (TPSA) is 111 Å². The molecular weight excluding hydrogens is 272 g/mol. The lowest BCUT2D eigenvalue weighted by Crippen LogP contribution is -2.31. The molecule has 2 amide bonds. The number of nitrogen functional groups attached to an aromatic ring is 1. The zero-order valence-corrected chi connectivity index (χ0v) is 12.4. The van der Waals surface area contributed by atoms with Crippen molar-refractivity contribution < 1.29 is 14.3 Å². The van der Waals surface area contributed by atoms with Crippen molar-refractivity contribution in [2.24, 2.45) is 5.73 Å². The highest BCUT2D eigenvalue weighted by molar-refractivity contribution is 5.94. The van der Waals surface area contributed by atoms with Gasteiger partial charge in [0.15, 0.2) is 0 Å². The summed E-state index contributed by atoms with van der Waals surface area (Å²) in [6.45, 7) is 0.807. The van der Waals surface area contributed by atoms with E-state index in [9.17, 15) is 9.59 Å². The van der Waals surface area contributed by atoms with Gasteiger partial charge >= 0.3 is 0 Å². The number of benzene rings is 1. The van der Waals surface area contributed by atoms with Crippen LogP contribution in [-0.4, -0.2) is 44.0 Å². The van der Waals surface area contributed by atoms with Gasteiger partial charge < -0.3 is 21.5 Å². The molecule has 0 spiro atoms. The summed E-state index contributed by atoms with van der Waals surface area (Å²) in [5.41, 5.74) is 11.9. The van der Waals surface area contributed by atoms with E-state index in [4.69, 9.17) is 16.2 Å². The van der Waals surface area contributed by atoms with Gasteiger partial charge in [-0.2, -0.15) is 0 Å². The van der Waals surface area contributed by atoms with Gasteiger partial charge in [0, 0.05) is 12.5 Å². The van der Waals surface area contributed by atoms with Crippen LogP contribution in [0.5, 0.6) is 5.75 Å². The lowest BCUT2D eigenvalue weighted by atomic mass is 10.2. The van der Waals surface area contributed by atoms with E-state index in [0.29, 0.717) is 36.5 Å². The number of nitrogens with one attached hydrogen (secondary N) is 1. The maximum absolute atomic E-state index is 11.8. The van der Waals surface area contributed by atoms with Gasteiger partial charge in [-0.3, -0.25) is 14.5 Å². The Morgan fingerprint density at radius 3 is 2.67 bits per heavy atom. The van der Waals surface area contributed by atoms with Gasteiger partial charge in [0.25, 0.3) is 0 Å². The second-order valence-corrected chi connectivity index (χ2v) is 4.81.